The third kappa shape index (κ3) is 10.3. The van der Waals surface area contributed by atoms with E-state index in [9.17, 15) is 9.59 Å². The highest BCUT2D eigenvalue weighted by atomic mass is 16.6. The molecule has 114 valence electrons. The van der Waals surface area contributed by atoms with Crippen LogP contribution in [-0.2, 0) is 28.5 Å². The molecule has 6 nitrogen and oxygen atoms in total. The number of esters is 2. The summed E-state index contributed by atoms with van der Waals surface area (Å²) in [6, 6.07) is 0. The van der Waals surface area contributed by atoms with E-state index in [4.69, 9.17) is 18.9 Å². The lowest BCUT2D eigenvalue weighted by Crippen LogP contribution is -2.14. The quantitative estimate of drug-likeness (QED) is 0.323. The van der Waals surface area contributed by atoms with Crippen molar-refractivity contribution >= 4 is 11.9 Å². The third-order valence-electron chi connectivity index (χ3n) is 2.23. The van der Waals surface area contributed by atoms with Crippen LogP contribution in [0, 0.1) is 0 Å². The van der Waals surface area contributed by atoms with Crippen molar-refractivity contribution in [2.75, 3.05) is 39.6 Å². The third-order valence-corrected chi connectivity index (χ3v) is 2.23. The first kappa shape index (κ1) is 18.3. The maximum absolute atomic E-state index is 11.2. The fourth-order valence-electron chi connectivity index (χ4n) is 1.01. The van der Waals surface area contributed by atoms with Gasteiger partial charge >= 0.3 is 11.9 Å². The van der Waals surface area contributed by atoms with E-state index < -0.39 is 5.97 Å². The zero-order chi connectivity index (χ0) is 15.2. The lowest BCUT2D eigenvalue weighted by atomic mass is 10.3. The van der Waals surface area contributed by atoms with E-state index in [1.54, 1.807) is 19.9 Å². The summed E-state index contributed by atoms with van der Waals surface area (Å²) in [6.07, 6.45) is 2.79. The number of carbonyl (C=O) groups excluding carboxylic acids is 2. The van der Waals surface area contributed by atoms with Gasteiger partial charge in [-0.3, -0.25) is 0 Å². The van der Waals surface area contributed by atoms with Crippen LogP contribution >= 0.6 is 0 Å². The van der Waals surface area contributed by atoms with Gasteiger partial charge in [-0.1, -0.05) is 12.7 Å². The molecule has 0 aromatic rings. The highest BCUT2D eigenvalue weighted by Gasteiger charge is 2.03. The van der Waals surface area contributed by atoms with Crippen LogP contribution in [0.3, 0.4) is 0 Å². The molecular weight excluding hydrogens is 264 g/mol. The SMILES string of the molecule is C=CC(=O)OCCOCCOCCOC(=O)C(C)=CC. The maximum Gasteiger partial charge on any atom is 0.333 e. The maximum atomic E-state index is 11.2. The number of rotatable bonds is 11. The molecule has 0 bridgehead atoms. The molecule has 0 radical (unpaired) electrons. The Balaban J connectivity index is 3.27. The number of hydrogen-bond acceptors (Lipinski definition) is 6. The molecule has 0 aromatic carbocycles. The van der Waals surface area contributed by atoms with Crippen LogP contribution in [0.5, 0.6) is 0 Å². The van der Waals surface area contributed by atoms with E-state index in [0.29, 0.717) is 32.0 Å². The van der Waals surface area contributed by atoms with Crippen LogP contribution < -0.4 is 0 Å². The van der Waals surface area contributed by atoms with Crippen LogP contribution in [0.25, 0.3) is 0 Å². The van der Waals surface area contributed by atoms with Crippen molar-refractivity contribution in [3.05, 3.63) is 24.3 Å². The van der Waals surface area contributed by atoms with Gasteiger partial charge < -0.3 is 18.9 Å². The van der Waals surface area contributed by atoms with Gasteiger partial charge in [0.25, 0.3) is 0 Å². The largest absolute Gasteiger partial charge is 0.460 e. The minimum atomic E-state index is -0.469. The number of hydrogen-bond donors (Lipinski definition) is 0. The minimum Gasteiger partial charge on any atom is -0.460 e. The van der Waals surface area contributed by atoms with Gasteiger partial charge in [0.05, 0.1) is 26.4 Å². The summed E-state index contributed by atoms with van der Waals surface area (Å²) in [6.45, 7) is 8.52. The second-order valence-electron chi connectivity index (χ2n) is 3.70. The monoisotopic (exact) mass is 286 g/mol. The molecule has 0 spiro atoms. The lowest BCUT2D eigenvalue weighted by molar-refractivity contribution is -0.141. The standard InChI is InChI=1S/C14H22O6/c1-4-12(3)14(16)20-11-9-18-7-6-17-8-10-19-13(15)5-2/h4-5H,2,6-11H2,1,3H3. The normalized spacial score (nSPS) is 11.0. The Morgan fingerprint density at radius 2 is 1.45 bits per heavy atom. The summed E-state index contributed by atoms with van der Waals surface area (Å²) >= 11 is 0. The molecule has 0 N–H and O–H groups in total. The molecule has 20 heavy (non-hydrogen) atoms. The van der Waals surface area contributed by atoms with Gasteiger partial charge in [0.1, 0.15) is 13.2 Å². The van der Waals surface area contributed by atoms with E-state index >= 15 is 0 Å². The molecule has 0 amide bonds. The van der Waals surface area contributed by atoms with Crippen molar-refractivity contribution in [3.8, 4) is 0 Å². The average Bonchev–Trinajstić information content (AvgIpc) is 2.47. The van der Waals surface area contributed by atoms with Gasteiger partial charge in [0.15, 0.2) is 0 Å². The summed E-state index contributed by atoms with van der Waals surface area (Å²) in [5.41, 5.74) is 0.572. The van der Waals surface area contributed by atoms with Crippen LogP contribution in [0.15, 0.2) is 24.3 Å². The van der Waals surface area contributed by atoms with Crippen LogP contribution in [0.1, 0.15) is 13.8 Å². The van der Waals surface area contributed by atoms with Crippen molar-refractivity contribution < 1.29 is 28.5 Å². The Bertz CT molecular complexity index is 335. The van der Waals surface area contributed by atoms with Crippen LogP contribution in [0.4, 0.5) is 0 Å². The molecule has 0 rings (SSSR count). The lowest BCUT2D eigenvalue weighted by Gasteiger charge is -2.07. The zero-order valence-corrected chi connectivity index (χ0v) is 12.1. The molecule has 0 unspecified atom stereocenters. The van der Waals surface area contributed by atoms with Gasteiger partial charge in [0, 0.05) is 11.6 Å². The van der Waals surface area contributed by atoms with E-state index in [1.807, 2.05) is 0 Å². The Kier molecular flexibility index (Phi) is 11.4. The second-order valence-corrected chi connectivity index (χ2v) is 3.70. The van der Waals surface area contributed by atoms with Crippen molar-refractivity contribution in [3.63, 3.8) is 0 Å². The van der Waals surface area contributed by atoms with E-state index in [0.717, 1.165) is 6.08 Å². The summed E-state index contributed by atoms with van der Waals surface area (Å²) in [5.74, 6) is -0.806. The molecule has 0 atom stereocenters. The molecule has 0 aliphatic rings. The molecule has 6 heteroatoms. The van der Waals surface area contributed by atoms with Gasteiger partial charge in [-0.05, 0) is 13.8 Å². The van der Waals surface area contributed by atoms with Crippen LogP contribution in [-0.4, -0.2) is 51.6 Å². The summed E-state index contributed by atoms with van der Waals surface area (Å²) in [4.78, 5) is 21.9. The molecule has 0 aliphatic heterocycles. The Morgan fingerprint density at radius 3 is 1.95 bits per heavy atom. The molecule has 0 aromatic heterocycles. The smallest absolute Gasteiger partial charge is 0.333 e. The first-order chi connectivity index (χ1) is 9.61. The first-order valence-electron chi connectivity index (χ1n) is 6.36. The zero-order valence-electron chi connectivity index (χ0n) is 12.1. The van der Waals surface area contributed by atoms with Gasteiger partial charge in [0.2, 0.25) is 0 Å². The average molecular weight is 286 g/mol. The number of carbonyl (C=O) groups is 2. The number of allylic oxidation sites excluding steroid dienone is 1. The fourth-order valence-corrected chi connectivity index (χ4v) is 1.01. The second kappa shape index (κ2) is 12.4. The Morgan fingerprint density at radius 1 is 0.950 bits per heavy atom. The highest BCUT2D eigenvalue weighted by Crippen LogP contribution is 1.95. The Hall–Kier alpha value is -1.66. The van der Waals surface area contributed by atoms with Crippen molar-refractivity contribution in [2.45, 2.75) is 13.8 Å². The van der Waals surface area contributed by atoms with Gasteiger partial charge in [-0.25, -0.2) is 9.59 Å². The van der Waals surface area contributed by atoms with Crippen LogP contribution in [0.2, 0.25) is 0 Å². The van der Waals surface area contributed by atoms with Gasteiger partial charge in [-0.2, -0.15) is 0 Å². The highest BCUT2D eigenvalue weighted by molar-refractivity contribution is 5.87. The van der Waals surface area contributed by atoms with Crippen molar-refractivity contribution in [2.24, 2.45) is 0 Å². The molecular formula is C14H22O6. The van der Waals surface area contributed by atoms with E-state index in [-0.39, 0.29) is 19.2 Å². The predicted molar refractivity (Wildman–Crippen MR) is 73.2 cm³/mol. The molecule has 0 fully saturated rings. The first-order valence-corrected chi connectivity index (χ1v) is 6.36. The van der Waals surface area contributed by atoms with Crippen molar-refractivity contribution in [1.82, 2.24) is 0 Å². The number of ether oxygens (including phenoxy) is 4. The van der Waals surface area contributed by atoms with E-state index in [2.05, 4.69) is 6.58 Å². The molecule has 0 saturated carbocycles. The van der Waals surface area contributed by atoms with E-state index in [1.165, 1.54) is 0 Å². The van der Waals surface area contributed by atoms with Crippen molar-refractivity contribution in [1.29, 1.82) is 0 Å². The summed E-state index contributed by atoms with van der Waals surface area (Å²) in [7, 11) is 0. The summed E-state index contributed by atoms with van der Waals surface area (Å²) < 4.78 is 20.0. The topological polar surface area (TPSA) is 71.1 Å². The molecule has 0 heterocycles. The molecule has 0 saturated heterocycles. The minimum absolute atomic E-state index is 0.186. The summed E-state index contributed by atoms with van der Waals surface area (Å²) in [5, 5.41) is 0. The predicted octanol–water partition coefficient (Wildman–Crippen LogP) is 1.26. The molecule has 0 aliphatic carbocycles. The Labute approximate surface area is 119 Å². The fraction of sp³-hybridized carbons (Fsp3) is 0.571. The van der Waals surface area contributed by atoms with Gasteiger partial charge in [-0.15, -0.1) is 0 Å².